The third-order valence-electron chi connectivity index (χ3n) is 6.36. The molecule has 0 saturated heterocycles. The molecule has 0 spiro atoms. The number of nitrogen functional groups attached to an aromatic ring is 2. The summed E-state index contributed by atoms with van der Waals surface area (Å²) in [6, 6.07) is 16.6. The first kappa shape index (κ1) is 26.3. The summed E-state index contributed by atoms with van der Waals surface area (Å²) in [6.07, 6.45) is 8.35. The largest absolute Gasteiger partial charge is 0.463 e. The Labute approximate surface area is 247 Å². The van der Waals surface area contributed by atoms with Gasteiger partial charge in [-0.05, 0) is 48.0 Å². The van der Waals surface area contributed by atoms with Gasteiger partial charge in [0.15, 0.2) is 33.8 Å². The minimum atomic E-state index is 0.142. The van der Waals surface area contributed by atoms with Gasteiger partial charge < -0.3 is 20.3 Å². The smallest absolute Gasteiger partial charge is 0.222 e. The third kappa shape index (κ3) is 5.25. The molecule has 0 saturated carbocycles. The van der Waals surface area contributed by atoms with Crippen LogP contribution in [0, 0.1) is 0 Å². The van der Waals surface area contributed by atoms with Crippen LogP contribution in [-0.4, -0.2) is 59.9 Å². The highest BCUT2D eigenvalue weighted by atomic mass is 16.3. The van der Waals surface area contributed by atoms with Gasteiger partial charge in [0.1, 0.15) is 11.4 Å². The fourth-order valence-electron chi connectivity index (χ4n) is 4.44. The Kier molecular flexibility index (Phi) is 6.80. The average molecular weight is 587 g/mol. The van der Waals surface area contributed by atoms with E-state index in [1.54, 1.807) is 64.7 Å². The van der Waals surface area contributed by atoms with E-state index in [0.29, 0.717) is 58.3 Å². The fraction of sp³-hybridized carbons (Fsp3) is 0.0714. The van der Waals surface area contributed by atoms with Crippen molar-refractivity contribution in [2.45, 2.75) is 13.1 Å². The molecule has 0 radical (unpaired) electrons. The van der Waals surface area contributed by atoms with E-state index in [-0.39, 0.29) is 11.9 Å². The highest BCUT2D eigenvalue weighted by molar-refractivity contribution is 5.86. The molecular formula is C28H22N14O2. The van der Waals surface area contributed by atoms with Gasteiger partial charge in [-0.15, -0.1) is 10.2 Å². The lowest BCUT2D eigenvalue weighted by Crippen LogP contribution is -2.06. The lowest BCUT2D eigenvalue weighted by atomic mass is 10.2. The van der Waals surface area contributed by atoms with Crippen LogP contribution in [0.4, 0.5) is 11.9 Å². The molecule has 16 nitrogen and oxygen atoms in total. The molecule has 0 aromatic carbocycles. The van der Waals surface area contributed by atoms with E-state index in [1.165, 1.54) is 0 Å². The van der Waals surface area contributed by atoms with Crippen molar-refractivity contribution in [3.05, 3.63) is 97.0 Å². The molecule has 0 aliphatic carbocycles. The van der Waals surface area contributed by atoms with Gasteiger partial charge in [-0.2, -0.15) is 9.97 Å². The molecule has 16 heteroatoms. The molecule has 0 atom stereocenters. The van der Waals surface area contributed by atoms with Crippen LogP contribution in [0.5, 0.6) is 0 Å². The summed E-state index contributed by atoms with van der Waals surface area (Å²) >= 11 is 0. The first-order valence-corrected chi connectivity index (χ1v) is 13.2. The van der Waals surface area contributed by atoms with Gasteiger partial charge in [-0.25, -0.2) is 19.3 Å². The van der Waals surface area contributed by atoms with Crippen molar-refractivity contribution >= 4 is 34.2 Å². The summed E-state index contributed by atoms with van der Waals surface area (Å²) in [5, 5.41) is 16.6. The van der Waals surface area contributed by atoms with E-state index in [4.69, 9.17) is 20.3 Å². The van der Waals surface area contributed by atoms with E-state index in [0.717, 1.165) is 11.3 Å². The lowest BCUT2D eigenvalue weighted by molar-refractivity contribution is 0.580. The quantitative estimate of drug-likeness (QED) is 0.286. The molecule has 216 valence electrons. The Hall–Kier alpha value is -6.58. The van der Waals surface area contributed by atoms with Crippen LogP contribution in [0.2, 0.25) is 0 Å². The number of anilines is 2. The molecule has 0 aliphatic heterocycles. The maximum Gasteiger partial charge on any atom is 0.222 e. The van der Waals surface area contributed by atoms with Crippen molar-refractivity contribution in [2.75, 3.05) is 11.5 Å². The predicted molar refractivity (Wildman–Crippen MR) is 157 cm³/mol. The van der Waals surface area contributed by atoms with Crippen LogP contribution < -0.4 is 11.5 Å². The minimum absolute atomic E-state index is 0.142. The van der Waals surface area contributed by atoms with Gasteiger partial charge in [0, 0.05) is 18.6 Å². The Balaban J connectivity index is 0.000000142. The van der Waals surface area contributed by atoms with Gasteiger partial charge in [0.25, 0.3) is 0 Å². The van der Waals surface area contributed by atoms with Crippen molar-refractivity contribution in [1.82, 2.24) is 59.9 Å². The summed E-state index contributed by atoms with van der Waals surface area (Å²) < 4.78 is 14.1. The van der Waals surface area contributed by atoms with Gasteiger partial charge in [-0.1, -0.05) is 22.6 Å². The normalized spacial score (nSPS) is 11.1. The van der Waals surface area contributed by atoms with Crippen LogP contribution in [0.15, 0.2) is 94.5 Å². The topological polar surface area (TPSA) is 217 Å². The van der Waals surface area contributed by atoms with Crippen molar-refractivity contribution in [2.24, 2.45) is 0 Å². The van der Waals surface area contributed by atoms with Crippen LogP contribution in [0.25, 0.3) is 45.2 Å². The molecule has 4 N–H and O–H groups in total. The molecule has 0 bridgehead atoms. The number of nitrogens with two attached hydrogens (primary N) is 2. The summed E-state index contributed by atoms with van der Waals surface area (Å²) in [4.78, 5) is 25.3. The Morgan fingerprint density at radius 2 is 1.27 bits per heavy atom. The second-order valence-corrected chi connectivity index (χ2v) is 9.34. The molecule has 44 heavy (non-hydrogen) atoms. The zero-order valence-electron chi connectivity index (χ0n) is 22.8. The third-order valence-corrected chi connectivity index (χ3v) is 6.36. The SMILES string of the molecule is Nc1nc(-c2ccco2)c2nnn(Cc3ccccn3)c2n1.Nc1nc(-c2ccco2)c2nnn(Cc3cccnc3)c2n1. The number of hydrogen-bond donors (Lipinski definition) is 2. The summed E-state index contributed by atoms with van der Waals surface area (Å²) in [5.41, 5.74) is 16.7. The molecular weight excluding hydrogens is 564 g/mol. The Morgan fingerprint density at radius 1 is 0.636 bits per heavy atom. The number of pyridine rings is 2. The summed E-state index contributed by atoms with van der Waals surface area (Å²) in [6.45, 7) is 0.948. The number of furan rings is 2. The molecule has 8 rings (SSSR count). The first-order chi connectivity index (χ1) is 21.6. The average Bonchev–Trinajstić information content (AvgIpc) is 3.87. The maximum atomic E-state index is 5.81. The van der Waals surface area contributed by atoms with Crippen LogP contribution in [0.1, 0.15) is 11.3 Å². The number of fused-ring (bicyclic) bond motifs is 2. The van der Waals surface area contributed by atoms with Crippen molar-refractivity contribution < 1.29 is 8.83 Å². The number of nitrogens with zero attached hydrogens (tertiary/aromatic N) is 12. The summed E-state index contributed by atoms with van der Waals surface area (Å²) in [5.74, 6) is 1.44. The lowest BCUT2D eigenvalue weighted by Gasteiger charge is -2.03. The van der Waals surface area contributed by atoms with E-state index < -0.39 is 0 Å². The van der Waals surface area contributed by atoms with Gasteiger partial charge in [0.05, 0.1) is 31.3 Å². The molecule has 8 aromatic heterocycles. The van der Waals surface area contributed by atoms with Gasteiger partial charge >= 0.3 is 0 Å². The molecule has 0 amide bonds. The highest BCUT2D eigenvalue weighted by Crippen LogP contribution is 2.26. The molecule has 0 aliphatic rings. The molecule has 0 fully saturated rings. The minimum Gasteiger partial charge on any atom is -0.463 e. The van der Waals surface area contributed by atoms with Crippen molar-refractivity contribution in [3.63, 3.8) is 0 Å². The van der Waals surface area contributed by atoms with Crippen LogP contribution in [0.3, 0.4) is 0 Å². The fourth-order valence-corrected chi connectivity index (χ4v) is 4.44. The predicted octanol–water partition coefficient (Wildman–Crippen LogP) is 3.01. The van der Waals surface area contributed by atoms with Crippen LogP contribution >= 0.6 is 0 Å². The summed E-state index contributed by atoms with van der Waals surface area (Å²) in [7, 11) is 0. The van der Waals surface area contributed by atoms with Crippen molar-refractivity contribution in [3.8, 4) is 22.9 Å². The Morgan fingerprint density at radius 3 is 1.80 bits per heavy atom. The number of rotatable bonds is 6. The van der Waals surface area contributed by atoms with E-state index in [9.17, 15) is 0 Å². The van der Waals surface area contributed by atoms with Crippen LogP contribution in [-0.2, 0) is 13.1 Å². The number of aromatic nitrogens is 12. The van der Waals surface area contributed by atoms with Gasteiger partial charge in [-0.3, -0.25) is 9.97 Å². The second kappa shape index (κ2) is 11.4. The first-order valence-electron chi connectivity index (χ1n) is 13.2. The van der Waals surface area contributed by atoms with Crippen molar-refractivity contribution in [1.29, 1.82) is 0 Å². The molecule has 8 heterocycles. The zero-order valence-corrected chi connectivity index (χ0v) is 22.8. The standard InChI is InChI=1S/2C14H11N7O/c15-14-17-11(10-4-2-6-22-10)12-13(18-14)21(20-19-12)8-9-3-1-5-16-7-9;15-14-17-11(10-5-3-7-22-10)12-13(18-14)21(20-19-12)8-9-4-1-2-6-16-9/h2*1-7H,8H2,(H2,15,17,18). The Bertz CT molecular complexity index is 1990. The maximum absolute atomic E-state index is 5.81. The second-order valence-electron chi connectivity index (χ2n) is 9.34. The zero-order chi connectivity index (χ0) is 29.9. The molecule has 8 aromatic rings. The molecule has 0 unspecified atom stereocenters. The van der Waals surface area contributed by atoms with Gasteiger partial charge in [0.2, 0.25) is 11.9 Å². The van der Waals surface area contributed by atoms with E-state index in [1.807, 2.05) is 30.3 Å². The van der Waals surface area contributed by atoms with E-state index >= 15 is 0 Å². The highest BCUT2D eigenvalue weighted by Gasteiger charge is 2.18. The monoisotopic (exact) mass is 586 g/mol. The number of hydrogen-bond acceptors (Lipinski definition) is 14. The van der Waals surface area contributed by atoms with E-state index in [2.05, 4.69) is 50.5 Å².